The molecule has 2 aliphatic rings. The molecular formula is C19H25N3O3. The highest BCUT2D eigenvalue weighted by Crippen LogP contribution is 2.25. The Morgan fingerprint density at radius 3 is 2.52 bits per heavy atom. The molecule has 1 saturated heterocycles. The molecule has 1 fully saturated rings. The first-order valence-electron chi connectivity index (χ1n) is 9.10. The van der Waals surface area contributed by atoms with Crippen molar-refractivity contribution in [1.82, 2.24) is 4.90 Å². The van der Waals surface area contributed by atoms with Gasteiger partial charge in [0, 0.05) is 24.4 Å². The first kappa shape index (κ1) is 17.6. The van der Waals surface area contributed by atoms with Crippen LogP contribution >= 0.6 is 0 Å². The second kappa shape index (κ2) is 8.25. The standard InChI is InChI=1S/C19H25N3O3/c23-19-11-6-16(5-4-14-20-12-2-1-3-13-20)15-21(19)17-7-9-18(10-8-17)22(24)25/h6-11,16H,1-5,12-15H2. The van der Waals surface area contributed by atoms with Crippen molar-refractivity contribution in [3.8, 4) is 0 Å². The van der Waals surface area contributed by atoms with Crippen LogP contribution in [-0.4, -0.2) is 41.9 Å². The number of rotatable bonds is 6. The molecule has 1 atom stereocenters. The van der Waals surface area contributed by atoms with E-state index in [0.29, 0.717) is 12.5 Å². The second-order valence-electron chi connectivity index (χ2n) is 6.89. The number of nitro benzene ring substituents is 1. The second-order valence-corrected chi connectivity index (χ2v) is 6.89. The average Bonchev–Trinajstić information content (AvgIpc) is 2.64. The predicted octanol–water partition coefficient (Wildman–Crippen LogP) is 3.38. The highest BCUT2D eigenvalue weighted by molar-refractivity contribution is 6.02. The molecule has 1 amide bonds. The van der Waals surface area contributed by atoms with E-state index in [1.807, 2.05) is 6.08 Å². The van der Waals surface area contributed by atoms with Gasteiger partial charge in [0.25, 0.3) is 11.6 Å². The van der Waals surface area contributed by atoms with Crippen molar-refractivity contribution in [3.63, 3.8) is 0 Å². The van der Waals surface area contributed by atoms with Crippen molar-refractivity contribution in [2.45, 2.75) is 32.1 Å². The minimum atomic E-state index is -0.425. The van der Waals surface area contributed by atoms with Crippen LogP contribution < -0.4 is 4.90 Å². The SMILES string of the molecule is O=C1C=CC(CCCN2CCCCC2)CN1c1ccc([N+](=O)[O-])cc1. The van der Waals surface area contributed by atoms with Gasteiger partial charge < -0.3 is 9.80 Å². The third-order valence-corrected chi connectivity index (χ3v) is 5.06. The summed E-state index contributed by atoms with van der Waals surface area (Å²) in [6.07, 6.45) is 9.82. The Balaban J connectivity index is 1.54. The number of amides is 1. The highest BCUT2D eigenvalue weighted by Gasteiger charge is 2.23. The zero-order chi connectivity index (χ0) is 17.6. The minimum Gasteiger partial charge on any atom is -0.308 e. The molecule has 6 heteroatoms. The van der Waals surface area contributed by atoms with Gasteiger partial charge in [0.1, 0.15) is 0 Å². The lowest BCUT2D eigenvalue weighted by Gasteiger charge is -2.30. The summed E-state index contributed by atoms with van der Waals surface area (Å²) in [5.41, 5.74) is 0.766. The average molecular weight is 343 g/mol. The van der Waals surface area contributed by atoms with Gasteiger partial charge in [-0.2, -0.15) is 0 Å². The summed E-state index contributed by atoms with van der Waals surface area (Å²) in [6, 6.07) is 6.21. The van der Waals surface area contributed by atoms with Gasteiger partial charge in [-0.15, -0.1) is 0 Å². The van der Waals surface area contributed by atoms with Gasteiger partial charge in [0.15, 0.2) is 0 Å². The molecule has 0 saturated carbocycles. The van der Waals surface area contributed by atoms with Gasteiger partial charge in [0.05, 0.1) is 4.92 Å². The molecule has 1 aromatic rings. The van der Waals surface area contributed by atoms with Gasteiger partial charge in [-0.05, 0) is 69.4 Å². The van der Waals surface area contributed by atoms with E-state index in [4.69, 9.17) is 0 Å². The Labute approximate surface area is 148 Å². The lowest BCUT2D eigenvalue weighted by molar-refractivity contribution is -0.384. The Bertz CT molecular complexity index is 636. The number of nitrogens with zero attached hydrogens (tertiary/aromatic N) is 3. The molecule has 6 nitrogen and oxygen atoms in total. The fourth-order valence-electron chi connectivity index (χ4n) is 3.63. The number of anilines is 1. The molecule has 2 aliphatic heterocycles. The summed E-state index contributed by atoms with van der Waals surface area (Å²) < 4.78 is 0. The number of hydrogen-bond donors (Lipinski definition) is 0. The Morgan fingerprint density at radius 1 is 1.12 bits per heavy atom. The molecule has 3 rings (SSSR count). The summed E-state index contributed by atoms with van der Waals surface area (Å²) >= 11 is 0. The normalized spacial score (nSPS) is 21.5. The molecule has 2 heterocycles. The fourth-order valence-corrected chi connectivity index (χ4v) is 3.63. The van der Waals surface area contributed by atoms with Crippen molar-refractivity contribution < 1.29 is 9.72 Å². The van der Waals surface area contributed by atoms with Crippen LogP contribution in [0.3, 0.4) is 0 Å². The molecule has 0 aromatic heterocycles. The number of likely N-dealkylation sites (tertiary alicyclic amines) is 1. The van der Waals surface area contributed by atoms with E-state index in [2.05, 4.69) is 4.90 Å². The number of benzene rings is 1. The maximum atomic E-state index is 12.2. The van der Waals surface area contributed by atoms with Gasteiger partial charge >= 0.3 is 0 Å². The zero-order valence-electron chi connectivity index (χ0n) is 14.5. The van der Waals surface area contributed by atoms with Gasteiger partial charge in [-0.3, -0.25) is 14.9 Å². The van der Waals surface area contributed by atoms with Crippen LogP contribution in [0.1, 0.15) is 32.1 Å². The minimum absolute atomic E-state index is 0.0434. The predicted molar refractivity (Wildman–Crippen MR) is 97.6 cm³/mol. The van der Waals surface area contributed by atoms with E-state index in [0.717, 1.165) is 25.1 Å². The molecule has 1 aromatic carbocycles. The number of piperidine rings is 1. The van der Waals surface area contributed by atoms with E-state index in [1.165, 1.54) is 44.5 Å². The largest absolute Gasteiger partial charge is 0.308 e. The Morgan fingerprint density at radius 2 is 1.84 bits per heavy atom. The molecule has 134 valence electrons. The summed E-state index contributed by atoms with van der Waals surface area (Å²) in [5.74, 6) is 0.291. The highest BCUT2D eigenvalue weighted by atomic mass is 16.6. The number of hydrogen-bond acceptors (Lipinski definition) is 4. The van der Waals surface area contributed by atoms with Crippen LogP contribution in [0.25, 0.3) is 0 Å². The summed E-state index contributed by atoms with van der Waals surface area (Å²) in [5, 5.41) is 10.8. The quantitative estimate of drug-likeness (QED) is 0.587. The van der Waals surface area contributed by atoms with Crippen molar-refractivity contribution in [3.05, 3.63) is 46.5 Å². The summed E-state index contributed by atoms with van der Waals surface area (Å²) in [4.78, 5) is 26.8. The van der Waals surface area contributed by atoms with Crippen LogP contribution in [0.5, 0.6) is 0 Å². The molecule has 0 radical (unpaired) electrons. The monoisotopic (exact) mass is 343 g/mol. The van der Waals surface area contributed by atoms with Crippen molar-refractivity contribution >= 4 is 17.3 Å². The van der Waals surface area contributed by atoms with E-state index >= 15 is 0 Å². The number of carbonyl (C=O) groups is 1. The third-order valence-electron chi connectivity index (χ3n) is 5.06. The first-order chi connectivity index (χ1) is 12.1. The lowest BCUT2D eigenvalue weighted by Crippen LogP contribution is -2.37. The summed E-state index contributed by atoms with van der Waals surface area (Å²) in [7, 11) is 0. The Kier molecular flexibility index (Phi) is 5.81. The molecule has 0 bridgehead atoms. The molecule has 25 heavy (non-hydrogen) atoms. The van der Waals surface area contributed by atoms with Crippen LogP contribution in [0.15, 0.2) is 36.4 Å². The fraction of sp³-hybridized carbons (Fsp3) is 0.526. The van der Waals surface area contributed by atoms with Gasteiger partial charge in [-0.1, -0.05) is 12.5 Å². The smallest absolute Gasteiger partial charge is 0.269 e. The van der Waals surface area contributed by atoms with Crippen molar-refractivity contribution in [2.24, 2.45) is 5.92 Å². The maximum absolute atomic E-state index is 12.2. The van der Waals surface area contributed by atoms with Gasteiger partial charge in [0.2, 0.25) is 0 Å². The number of non-ortho nitro benzene ring substituents is 1. The van der Waals surface area contributed by atoms with Crippen molar-refractivity contribution in [2.75, 3.05) is 31.1 Å². The summed E-state index contributed by atoms with van der Waals surface area (Å²) in [6.45, 7) is 4.21. The molecule has 0 N–H and O–H groups in total. The first-order valence-corrected chi connectivity index (χ1v) is 9.10. The lowest BCUT2D eigenvalue weighted by atomic mass is 9.98. The van der Waals surface area contributed by atoms with E-state index in [9.17, 15) is 14.9 Å². The van der Waals surface area contributed by atoms with Crippen LogP contribution in [-0.2, 0) is 4.79 Å². The molecule has 0 spiro atoms. The van der Waals surface area contributed by atoms with Crippen molar-refractivity contribution in [1.29, 1.82) is 0 Å². The maximum Gasteiger partial charge on any atom is 0.269 e. The van der Waals surface area contributed by atoms with Crippen LogP contribution in [0.2, 0.25) is 0 Å². The van der Waals surface area contributed by atoms with Gasteiger partial charge in [-0.25, -0.2) is 0 Å². The van der Waals surface area contributed by atoms with E-state index in [-0.39, 0.29) is 11.6 Å². The molecule has 0 aliphatic carbocycles. The zero-order valence-corrected chi connectivity index (χ0v) is 14.5. The molecule has 1 unspecified atom stereocenters. The van der Waals surface area contributed by atoms with Crippen LogP contribution in [0, 0.1) is 16.0 Å². The molecular weight excluding hydrogens is 318 g/mol. The Hall–Kier alpha value is -2.21. The van der Waals surface area contributed by atoms with E-state index in [1.54, 1.807) is 23.1 Å². The van der Waals surface area contributed by atoms with Crippen LogP contribution in [0.4, 0.5) is 11.4 Å². The third kappa shape index (κ3) is 4.66. The number of nitro groups is 1. The topological polar surface area (TPSA) is 66.7 Å². The number of carbonyl (C=O) groups excluding carboxylic acids is 1. The van der Waals surface area contributed by atoms with E-state index < -0.39 is 4.92 Å².